The lowest BCUT2D eigenvalue weighted by Gasteiger charge is -2.05. The van der Waals surface area contributed by atoms with Crippen molar-refractivity contribution in [3.8, 4) is 0 Å². The maximum atomic E-state index is 11.4. The third-order valence-corrected chi connectivity index (χ3v) is 2.51. The predicted octanol–water partition coefficient (Wildman–Crippen LogP) is 1.53. The van der Waals surface area contributed by atoms with Crippen molar-refractivity contribution in [2.75, 3.05) is 5.73 Å². The summed E-state index contributed by atoms with van der Waals surface area (Å²) in [5.41, 5.74) is 7.24. The largest absolute Gasteiger partial charge is 0.481 e. The summed E-state index contributed by atoms with van der Waals surface area (Å²) in [7, 11) is 0. The van der Waals surface area contributed by atoms with E-state index < -0.39 is 5.97 Å². The van der Waals surface area contributed by atoms with Crippen LogP contribution in [0, 0.1) is 0 Å². The second-order valence-electron chi connectivity index (χ2n) is 4.12. The lowest BCUT2D eigenvalue weighted by Crippen LogP contribution is -2.22. The molecule has 0 aliphatic rings. The summed E-state index contributed by atoms with van der Waals surface area (Å²) in [6.07, 6.45) is 1.61. The predicted molar refractivity (Wildman–Crippen MR) is 68.8 cm³/mol. The van der Waals surface area contributed by atoms with Crippen LogP contribution in [0.2, 0.25) is 0 Å². The van der Waals surface area contributed by atoms with E-state index >= 15 is 0 Å². The van der Waals surface area contributed by atoms with E-state index in [9.17, 15) is 9.59 Å². The molecule has 98 valence electrons. The summed E-state index contributed by atoms with van der Waals surface area (Å²) in [6, 6.07) is 7.29. The van der Waals surface area contributed by atoms with Gasteiger partial charge in [-0.3, -0.25) is 9.59 Å². The summed E-state index contributed by atoms with van der Waals surface area (Å²) < 4.78 is 0. The van der Waals surface area contributed by atoms with Crippen LogP contribution in [0.3, 0.4) is 0 Å². The molecule has 5 heteroatoms. The number of aliphatic carboxylic acids is 1. The average Bonchev–Trinajstić information content (AvgIpc) is 2.34. The van der Waals surface area contributed by atoms with E-state index in [1.807, 2.05) is 12.1 Å². The van der Waals surface area contributed by atoms with Gasteiger partial charge in [0.15, 0.2) is 0 Å². The van der Waals surface area contributed by atoms with E-state index in [1.165, 1.54) is 0 Å². The molecule has 0 aromatic heterocycles. The van der Waals surface area contributed by atoms with Crippen molar-refractivity contribution >= 4 is 17.6 Å². The molecule has 5 nitrogen and oxygen atoms in total. The Balaban J connectivity index is 2.17. The van der Waals surface area contributed by atoms with Gasteiger partial charge >= 0.3 is 5.97 Å². The number of amides is 1. The highest BCUT2D eigenvalue weighted by Gasteiger charge is 2.02. The number of carboxylic acids is 1. The molecule has 1 aromatic rings. The number of anilines is 1. The third-order valence-electron chi connectivity index (χ3n) is 2.51. The van der Waals surface area contributed by atoms with Gasteiger partial charge in [-0.15, -0.1) is 0 Å². The van der Waals surface area contributed by atoms with Gasteiger partial charge in [-0.1, -0.05) is 12.1 Å². The van der Waals surface area contributed by atoms with Crippen LogP contribution in [0.15, 0.2) is 24.3 Å². The molecule has 0 fully saturated rings. The van der Waals surface area contributed by atoms with Crippen LogP contribution in [0.25, 0.3) is 0 Å². The van der Waals surface area contributed by atoms with Crippen LogP contribution in [-0.2, 0) is 16.1 Å². The quantitative estimate of drug-likeness (QED) is 0.505. The van der Waals surface area contributed by atoms with Gasteiger partial charge in [0.1, 0.15) is 0 Å². The average molecular weight is 250 g/mol. The first kappa shape index (κ1) is 14.0. The van der Waals surface area contributed by atoms with Crippen molar-refractivity contribution in [3.05, 3.63) is 29.8 Å². The molecule has 0 spiro atoms. The van der Waals surface area contributed by atoms with Crippen molar-refractivity contribution in [2.45, 2.75) is 32.2 Å². The Morgan fingerprint density at radius 1 is 1.11 bits per heavy atom. The molecule has 4 N–H and O–H groups in total. The molecule has 0 saturated heterocycles. The van der Waals surface area contributed by atoms with E-state index in [0.717, 1.165) is 5.56 Å². The van der Waals surface area contributed by atoms with Gasteiger partial charge in [0.05, 0.1) is 0 Å². The maximum Gasteiger partial charge on any atom is 0.303 e. The van der Waals surface area contributed by atoms with Gasteiger partial charge in [-0.05, 0) is 30.5 Å². The van der Waals surface area contributed by atoms with E-state index in [2.05, 4.69) is 5.32 Å². The fourth-order valence-electron chi connectivity index (χ4n) is 1.49. The number of rotatable bonds is 7. The van der Waals surface area contributed by atoms with Crippen molar-refractivity contribution in [2.24, 2.45) is 0 Å². The highest BCUT2D eigenvalue weighted by molar-refractivity contribution is 5.75. The molecule has 0 atom stereocenters. The van der Waals surface area contributed by atoms with Crippen molar-refractivity contribution in [1.82, 2.24) is 5.32 Å². The van der Waals surface area contributed by atoms with Crippen molar-refractivity contribution in [3.63, 3.8) is 0 Å². The lowest BCUT2D eigenvalue weighted by atomic mass is 10.1. The van der Waals surface area contributed by atoms with Gasteiger partial charge in [0.2, 0.25) is 5.91 Å². The van der Waals surface area contributed by atoms with E-state index in [-0.39, 0.29) is 12.3 Å². The Morgan fingerprint density at radius 2 is 1.72 bits per heavy atom. The van der Waals surface area contributed by atoms with Gasteiger partial charge in [-0.25, -0.2) is 0 Å². The Kier molecular flexibility index (Phi) is 5.70. The topological polar surface area (TPSA) is 92.4 Å². The molecule has 0 aliphatic carbocycles. The van der Waals surface area contributed by atoms with Gasteiger partial charge in [-0.2, -0.15) is 0 Å². The molecular formula is C13H18N2O3. The zero-order valence-corrected chi connectivity index (χ0v) is 10.2. The first-order chi connectivity index (χ1) is 8.58. The zero-order valence-electron chi connectivity index (χ0n) is 10.2. The highest BCUT2D eigenvalue weighted by Crippen LogP contribution is 2.05. The fraction of sp³-hybridized carbons (Fsp3) is 0.385. The van der Waals surface area contributed by atoms with Crippen LogP contribution in [0.4, 0.5) is 5.69 Å². The lowest BCUT2D eigenvalue weighted by molar-refractivity contribution is -0.137. The van der Waals surface area contributed by atoms with Gasteiger partial charge < -0.3 is 16.2 Å². The van der Waals surface area contributed by atoms with Crippen LogP contribution >= 0.6 is 0 Å². The smallest absolute Gasteiger partial charge is 0.303 e. The van der Waals surface area contributed by atoms with Crippen LogP contribution in [-0.4, -0.2) is 17.0 Å². The number of benzene rings is 1. The van der Waals surface area contributed by atoms with Crippen molar-refractivity contribution in [1.29, 1.82) is 0 Å². The second-order valence-corrected chi connectivity index (χ2v) is 4.12. The number of hydrogen-bond donors (Lipinski definition) is 3. The second kappa shape index (κ2) is 7.32. The minimum Gasteiger partial charge on any atom is -0.481 e. The first-order valence-electron chi connectivity index (χ1n) is 5.91. The number of carbonyl (C=O) groups excluding carboxylic acids is 1. The zero-order chi connectivity index (χ0) is 13.4. The Labute approximate surface area is 106 Å². The monoisotopic (exact) mass is 250 g/mol. The molecule has 1 aromatic carbocycles. The fourth-order valence-corrected chi connectivity index (χ4v) is 1.49. The van der Waals surface area contributed by atoms with Crippen LogP contribution < -0.4 is 11.1 Å². The van der Waals surface area contributed by atoms with E-state index in [1.54, 1.807) is 12.1 Å². The summed E-state index contributed by atoms with van der Waals surface area (Å²) in [5, 5.41) is 11.2. The number of nitrogens with one attached hydrogen (secondary N) is 1. The van der Waals surface area contributed by atoms with Gasteiger partial charge in [0, 0.05) is 25.1 Å². The van der Waals surface area contributed by atoms with Crippen LogP contribution in [0.5, 0.6) is 0 Å². The van der Waals surface area contributed by atoms with E-state index in [0.29, 0.717) is 31.5 Å². The maximum absolute atomic E-state index is 11.4. The molecule has 18 heavy (non-hydrogen) atoms. The molecule has 0 unspecified atom stereocenters. The molecule has 0 aliphatic heterocycles. The number of hydrogen-bond acceptors (Lipinski definition) is 3. The van der Waals surface area contributed by atoms with Gasteiger partial charge in [0.25, 0.3) is 0 Å². The molecular weight excluding hydrogens is 232 g/mol. The Bertz CT molecular complexity index is 401. The number of carbonyl (C=O) groups is 2. The summed E-state index contributed by atoms with van der Waals surface area (Å²) in [4.78, 5) is 21.7. The minimum atomic E-state index is -0.822. The minimum absolute atomic E-state index is 0.0581. The number of nitrogen functional groups attached to an aromatic ring is 1. The van der Waals surface area contributed by atoms with Crippen molar-refractivity contribution < 1.29 is 14.7 Å². The third kappa shape index (κ3) is 5.89. The number of unbranched alkanes of at least 4 members (excludes halogenated alkanes) is 1. The molecule has 0 bridgehead atoms. The first-order valence-corrected chi connectivity index (χ1v) is 5.91. The summed E-state index contributed by atoms with van der Waals surface area (Å²) >= 11 is 0. The standard InChI is InChI=1S/C13H18N2O3/c14-11-7-5-10(6-8-11)9-15-12(16)3-1-2-4-13(17)18/h5-8H,1-4,9,14H2,(H,15,16)(H,17,18). The Hall–Kier alpha value is -2.04. The molecule has 1 amide bonds. The van der Waals surface area contributed by atoms with E-state index in [4.69, 9.17) is 10.8 Å². The molecule has 0 heterocycles. The Morgan fingerprint density at radius 3 is 2.33 bits per heavy atom. The SMILES string of the molecule is Nc1ccc(CNC(=O)CCCCC(=O)O)cc1. The van der Waals surface area contributed by atoms with Crippen LogP contribution in [0.1, 0.15) is 31.2 Å². The summed E-state index contributed by atoms with van der Waals surface area (Å²) in [5.74, 6) is -0.880. The number of carboxylic acid groups (broad SMARTS) is 1. The summed E-state index contributed by atoms with van der Waals surface area (Å²) in [6.45, 7) is 0.470. The number of nitrogens with two attached hydrogens (primary N) is 1. The highest BCUT2D eigenvalue weighted by atomic mass is 16.4. The molecule has 1 rings (SSSR count). The molecule has 0 saturated carbocycles. The molecule has 0 radical (unpaired) electrons. The normalized spacial score (nSPS) is 10.0.